The molecule has 0 saturated heterocycles. The van der Waals surface area contributed by atoms with E-state index in [1.165, 1.54) is 0 Å². The van der Waals surface area contributed by atoms with Gasteiger partial charge in [0.15, 0.2) is 6.20 Å². The summed E-state index contributed by atoms with van der Waals surface area (Å²) in [5.41, 5.74) is 6.50. The lowest BCUT2D eigenvalue weighted by atomic mass is 10.2. The molecule has 2 aromatic rings. The molecule has 0 aliphatic rings. The molecule has 2 amide bonds. The van der Waals surface area contributed by atoms with Crippen LogP contribution in [0.15, 0.2) is 18.6 Å². The minimum atomic E-state index is -0.881. The Balaban J connectivity index is 2.39. The molecule has 80 valence electrons. The van der Waals surface area contributed by atoms with Crippen LogP contribution in [0.3, 0.4) is 0 Å². The minimum absolute atomic E-state index is 0.490. The third-order valence-electron chi connectivity index (χ3n) is 2.36. The Morgan fingerprint density at radius 1 is 1.73 bits per heavy atom. The van der Waals surface area contributed by atoms with E-state index in [0.717, 1.165) is 11.2 Å². The molecular formula is C8H12N5O2+. The molecule has 7 nitrogen and oxygen atoms in total. The SMILES string of the molecule is CC(c1c[nH][n+]2cc[nH]c12)N(O)C(N)=O. The van der Waals surface area contributed by atoms with Crippen molar-refractivity contribution in [2.24, 2.45) is 5.73 Å². The van der Waals surface area contributed by atoms with Crippen LogP contribution in [-0.4, -0.2) is 26.4 Å². The molecule has 2 aromatic heterocycles. The minimum Gasteiger partial charge on any atom is -0.350 e. The number of primary amides is 1. The van der Waals surface area contributed by atoms with Gasteiger partial charge in [0, 0.05) is 0 Å². The topological polar surface area (TPSA) is 102 Å². The van der Waals surface area contributed by atoms with Gasteiger partial charge in [0.25, 0.3) is 0 Å². The number of carbonyl (C=O) groups excluding carboxylic acids is 1. The molecule has 0 aromatic carbocycles. The monoisotopic (exact) mass is 210 g/mol. The van der Waals surface area contributed by atoms with Gasteiger partial charge >= 0.3 is 11.7 Å². The lowest BCUT2D eigenvalue weighted by molar-refractivity contribution is -0.575. The van der Waals surface area contributed by atoms with Gasteiger partial charge in [0.1, 0.15) is 6.20 Å². The van der Waals surface area contributed by atoms with Gasteiger partial charge in [-0.1, -0.05) is 0 Å². The molecule has 2 heterocycles. The third kappa shape index (κ3) is 1.42. The van der Waals surface area contributed by atoms with Gasteiger partial charge in [0.05, 0.1) is 17.8 Å². The number of rotatable bonds is 2. The van der Waals surface area contributed by atoms with Crippen molar-refractivity contribution in [2.45, 2.75) is 13.0 Å². The highest BCUT2D eigenvalue weighted by Gasteiger charge is 2.24. The summed E-state index contributed by atoms with van der Waals surface area (Å²) >= 11 is 0. The molecule has 0 radical (unpaired) electrons. The largest absolute Gasteiger partial charge is 0.350 e. The summed E-state index contributed by atoms with van der Waals surface area (Å²) in [6.45, 7) is 1.68. The number of nitrogens with zero attached hydrogens (tertiary/aromatic N) is 2. The van der Waals surface area contributed by atoms with Gasteiger partial charge < -0.3 is 5.73 Å². The summed E-state index contributed by atoms with van der Waals surface area (Å²) in [4.78, 5) is 13.8. The molecule has 0 aliphatic carbocycles. The summed E-state index contributed by atoms with van der Waals surface area (Å²) in [6, 6.07) is -1.39. The first-order chi connectivity index (χ1) is 7.11. The lowest BCUT2D eigenvalue weighted by Gasteiger charge is -2.17. The number of hydrogen-bond acceptors (Lipinski definition) is 2. The van der Waals surface area contributed by atoms with Gasteiger partial charge in [-0.3, -0.25) is 5.21 Å². The number of amides is 2. The van der Waals surface area contributed by atoms with Crippen molar-refractivity contribution in [3.8, 4) is 0 Å². The number of imidazole rings is 1. The van der Waals surface area contributed by atoms with Gasteiger partial charge in [-0.05, 0) is 6.92 Å². The van der Waals surface area contributed by atoms with Crippen LogP contribution < -0.4 is 10.2 Å². The zero-order valence-electron chi connectivity index (χ0n) is 8.14. The summed E-state index contributed by atoms with van der Waals surface area (Å²) in [6.07, 6.45) is 5.23. The molecule has 0 saturated carbocycles. The van der Waals surface area contributed by atoms with Gasteiger partial charge in [-0.15, -0.1) is 4.52 Å². The Morgan fingerprint density at radius 3 is 3.13 bits per heavy atom. The number of nitrogens with two attached hydrogens (primary N) is 1. The molecule has 0 aliphatic heterocycles. The van der Waals surface area contributed by atoms with Crippen LogP contribution in [0.2, 0.25) is 0 Å². The number of urea groups is 1. The standard InChI is InChI=1S/C8H11N5O2/c1-5(13(15)8(9)14)6-4-11-12-3-2-10-7(6)12/h2-5,15H,1H3,(H3,9,10,11,14)/p+1. The van der Waals surface area contributed by atoms with Gasteiger partial charge in [-0.25, -0.2) is 14.9 Å². The average Bonchev–Trinajstić information content (AvgIpc) is 2.75. The van der Waals surface area contributed by atoms with Crippen LogP contribution in [-0.2, 0) is 0 Å². The molecule has 0 spiro atoms. The first kappa shape index (κ1) is 9.53. The molecule has 0 fully saturated rings. The van der Waals surface area contributed by atoms with Crippen molar-refractivity contribution < 1.29 is 14.5 Å². The fourth-order valence-corrected chi connectivity index (χ4v) is 1.51. The molecular weight excluding hydrogens is 198 g/mol. The highest BCUT2D eigenvalue weighted by atomic mass is 16.5. The number of aromatic amines is 2. The van der Waals surface area contributed by atoms with Crippen LogP contribution in [0, 0.1) is 0 Å². The van der Waals surface area contributed by atoms with E-state index in [1.807, 2.05) is 0 Å². The second-order valence-electron chi connectivity index (χ2n) is 3.27. The van der Waals surface area contributed by atoms with E-state index < -0.39 is 12.1 Å². The summed E-state index contributed by atoms with van der Waals surface area (Å²) in [5, 5.41) is 12.8. The summed E-state index contributed by atoms with van der Waals surface area (Å²) in [7, 11) is 0. The van der Waals surface area contributed by atoms with E-state index in [9.17, 15) is 10.0 Å². The predicted molar refractivity (Wildman–Crippen MR) is 49.9 cm³/mol. The van der Waals surface area contributed by atoms with Crippen molar-refractivity contribution in [3.63, 3.8) is 0 Å². The maximum atomic E-state index is 10.8. The van der Waals surface area contributed by atoms with Crippen LogP contribution in [0.1, 0.15) is 18.5 Å². The third-order valence-corrected chi connectivity index (χ3v) is 2.36. The van der Waals surface area contributed by atoms with Crippen LogP contribution in [0.5, 0.6) is 0 Å². The number of hydrogen-bond donors (Lipinski definition) is 4. The smallest absolute Gasteiger partial charge is 0.339 e. The zero-order valence-corrected chi connectivity index (χ0v) is 8.14. The number of fused-ring (bicyclic) bond motifs is 1. The molecule has 2 rings (SSSR count). The van der Waals surface area contributed by atoms with Crippen molar-refractivity contribution >= 4 is 11.7 Å². The number of carbonyl (C=O) groups is 1. The van der Waals surface area contributed by atoms with Crippen molar-refractivity contribution in [2.75, 3.05) is 0 Å². The molecule has 7 heteroatoms. The van der Waals surface area contributed by atoms with E-state index in [1.54, 1.807) is 30.0 Å². The highest BCUT2D eigenvalue weighted by molar-refractivity contribution is 5.71. The molecule has 15 heavy (non-hydrogen) atoms. The number of hydroxylamine groups is 2. The fraction of sp³-hybridized carbons (Fsp3) is 0.250. The van der Waals surface area contributed by atoms with Crippen molar-refractivity contribution in [3.05, 3.63) is 24.2 Å². The molecule has 5 N–H and O–H groups in total. The van der Waals surface area contributed by atoms with Crippen LogP contribution >= 0.6 is 0 Å². The Hall–Kier alpha value is -2.02. The first-order valence-corrected chi connectivity index (χ1v) is 4.45. The number of nitrogens with one attached hydrogen (secondary N) is 2. The van der Waals surface area contributed by atoms with E-state index in [-0.39, 0.29) is 0 Å². The molecule has 1 unspecified atom stereocenters. The van der Waals surface area contributed by atoms with Crippen molar-refractivity contribution in [1.29, 1.82) is 0 Å². The van der Waals surface area contributed by atoms with E-state index in [4.69, 9.17) is 5.73 Å². The van der Waals surface area contributed by atoms with E-state index in [0.29, 0.717) is 5.06 Å². The number of aromatic nitrogens is 3. The Kier molecular flexibility index (Phi) is 2.09. The van der Waals surface area contributed by atoms with Gasteiger partial charge in [0.2, 0.25) is 0 Å². The van der Waals surface area contributed by atoms with Crippen molar-refractivity contribution in [1.82, 2.24) is 15.1 Å². The maximum Gasteiger partial charge on any atom is 0.339 e. The zero-order chi connectivity index (χ0) is 11.0. The lowest BCUT2D eigenvalue weighted by Crippen LogP contribution is -2.35. The summed E-state index contributed by atoms with van der Waals surface area (Å²) in [5.74, 6) is 0. The molecule has 1 atom stereocenters. The highest BCUT2D eigenvalue weighted by Crippen LogP contribution is 2.19. The van der Waals surface area contributed by atoms with E-state index in [2.05, 4.69) is 10.1 Å². The second kappa shape index (κ2) is 3.28. The van der Waals surface area contributed by atoms with Gasteiger partial charge in [-0.2, -0.15) is 5.06 Å². The predicted octanol–water partition coefficient (Wildman–Crippen LogP) is -0.0876. The fourth-order valence-electron chi connectivity index (χ4n) is 1.51. The normalized spacial score (nSPS) is 12.9. The molecule has 0 bridgehead atoms. The maximum absolute atomic E-state index is 10.8. The average molecular weight is 210 g/mol. The Morgan fingerprint density at radius 2 is 2.47 bits per heavy atom. The Bertz CT molecular complexity index is 488. The second-order valence-corrected chi connectivity index (χ2v) is 3.27. The van der Waals surface area contributed by atoms with Crippen LogP contribution in [0.25, 0.3) is 5.65 Å². The Labute approximate surface area is 85.1 Å². The van der Waals surface area contributed by atoms with E-state index >= 15 is 0 Å². The first-order valence-electron chi connectivity index (χ1n) is 4.45. The summed E-state index contributed by atoms with van der Waals surface area (Å²) < 4.78 is 1.74. The van der Waals surface area contributed by atoms with Crippen LogP contribution in [0.4, 0.5) is 4.79 Å². The number of H-pyrrole nitrogens is 2. The quantitative estimate of drug-likeness (QED) is 0.316.